The highest BCUT2D eigenvalue weighted by molar-refractivity contribution is 5.95. The van der Waals surface area contributed by atoms with Crippen LogP contribution in [0.3, 0.4) is 0 Å². The van der Waals surface area contributed by atoms with Gasteiger partial charge in [0, 0.05) is 24.3 Å². The molecule has 1 saturated heterocycles. The molecule has 2 rings (SSSR count). The van der Waals surface area contributed by atoms with Crippen molar-refractivity contribution in [3.05, 3.63) is 33.9 Å². The minimum absolute atomic E-state index is 0.0270. The van der Waals surface area contributed by atoms with E-state index in [1.807, 2.05) is 0 Å². The van der Waals surface area contributed by atoms with E-state index in [1.165, 1.54) is 12.5 Å². The number of rotatable bonds is 5. The van der Waals surface area contributed by atoms with Gasteiger partial charge in [-0.15, -0.1) is 0 Å². The van der Waals surface area contributed by atoms with Crippen molar-refractivity contribution in [2.75, 3.05) is 18.1 Å². The van der Waals surface area contributed by atoms with E-state index in [9.17, 15) is 14.9 Å². The summed E-state index contributed by atoms with van der Waals surface area (Å²) >= 11 is 0. The molecule has 1 aliphatic rings. The normalized spacial score (nSPS) is 21.1. The fourth-order valence-corrected chi connectivity index (χ4v) is 3.26. The van der Waals surface area contributed by atoms with E-state index in [0.717, 1.165) is 31.0 Å². The summed E-state index contributed by atoms with van der Waals surface area (Å²) in [6.07, 6.45) is 3.38. The zero-order valence-electron chi connectivity index (χ0n) is 13.9. The number of nitro benzene ring substituents is 1. The van der Waals surface area contributed by atoms with Crippen molar-refractivity contribution in [3.63, 3.8) is 0 Å². The third-order valence-electron chi connectivity index (χ3n) is 4.57. The summed E-state index contributed by atoms with van der Waals surface area (Å²) in [5.74, 6) is 0.0842. The summed E-state index contributed by atoms with van der Waals surface area (Å²) in [7, 11) is 0. The molecule has 1 aromatic carbocycles. The molecule has 0 spiro atoms. The quantitative estimate of drug-likeness (QED) is 0.469. The van der Waals surface area contributed by atoms with Crippen LogP contribution in [-0.4, -0.2) is 30.1 Å². The van der Waals surface area contributed by atoms with Gasteiger partial charge in [0.15, 0.2) is 0 Å². The molecule has 23 heavy (non-hydrogen) atoms. The molecule has 0 amide bonds. The molecule has 1 fully saturated rings. The lowest BCUT2D eigenvalue weighted by Gasteiger charge is -2.39. The predicted molar refractivity (Wildman–Crippen MR) is 88.9 cm³/mol. The second-order valence-electron chi connectivity index (χ2n) is 6.02. The van der Waals surface area contributed by atoms with Gasteiger partial charge in [-0.3, -0.25) is 10.1 Å². The van der Waals surface area contributed by atoms with Crippen molar-refractivity contribution in [2.45, 2.75) is 46.1 Å². The van der Waals surface area contributed by atoms with Crippen molar-refractivity contribution < 1.29 is 14.5 Å². The lowest BCUT2D eigenvalue weighted by atomic mass is 9.89. The van der Waals surface area contributed by atoms with Crippen LogP contribution in [0, 0.1) is 16.0 Å². The smallest absolute Gasteiger partial charge is 0.345 e. The minimum atomic E-state index is -0.642. The SMILES string of the molecule is CCOC(=O)c1cc(N2CC[C@@H](CC)C[C@H]2C)ccc1[N+](=O)[O-]. The van der Waals surface area contributed by atoms with Crippen LogP contribution in [0.5, 0.6) is 0 Å². The Morgan fingerprint density at radius 1 is 1.43 bits per heavy atom. The molecule has 0 bridgehead atoms. The summed E-state index contributed by atoms with van der Waals surface area (Å²) in [4.78, 5) is 24.9. The highest BCUT2D eigenvalue weighted by Crippen LogP contribution is 2.32. The van der Waals surface area contributed by atoms with Crippen molar-refractivity contribution in [1.82, 2.24) is 0 Å². The zero-order valence-corrected chi connectivity index (χ0v) is 13.9. The van der Waals surface area contributed by atoms with E-state index in [0.29, 0.717) is 6.04 Å². The summed E-state index contributed by atoms with van der Waals surface area (Å²) in [5.41, 5.74) is 0.670. The first kappa shape index (κ1) is 17.2. The van der Waals surface area contributed by atoms with E-state index >= 15 is 0 Å². The number of ether oxygens (including phenoxy) is 1. The van der Waals surface area contributed by atoms with Gasteiger partial charge in [-0.1, -0.05) is 13.3 Å². The number of benzene rings is 1. The van der Waals surface area contributed by atoms with Gasteiger partial charge in [-0.05, 0) is 44.7 Å². The van der Waals surface area contributed by atoms with Gasteiger partial charge in [-0.2, -0.15) is 0 Å². The van der Waals surface area contributed by atoms with E-state index in [1.54, 1.807) is 19.1 Å². The number of piperidine rings is 1. The number of carbonyl (C=O) groups excluding carboxylic acids is 1. The molecule has 1 aromatic rings. The Morgan fingerprint density at radius 3 is 2.74 bits per heavy atom. The molecular formula is C17H24N2O4. The van der Waals surface area contributed by atoms with Gasteiger partial charge in [0.1, 0.15) is 5.56 Å². The summed E-state index contributed by atoms with van der Waals surface area (Å²) < 4.78 is 4.96. The van der Waals surface area contributed by atoms with Crippen LogP contribution in [0.4, 0.5) is 11.4 Å². The van der Waals surface area contributed by atoms with Crippen LogP contribution in [0.1, 0.15) is 50.4 Å². The second-order valence-corrected chi connectivity index (χ2v) is 6.02. The summed E-state index contributed by atoms with van der Waals surface area (Å²) in [5, 5.41) is 11.1. The Morgan fingerprint density at radius 2 is 2.17 bits per heavy atom. The van der Waals surface area contributed by atoms with E-state index in [2.05, 4.69) is 18.7 Å². The molecule has 6 nitrogen and oxygen atoms in total. The van der Waals surface area contributed by atoms with Crippen molar-refractivity contribution >= 4 is 17.3 Å². The van der Waals surface area contributed by atoms with Crippen LogP contribution < -0.4 is 4.90 Å². The lowest BCUT2D eigenvalue weighted by Crippen LogP contribution is -2.40. The molecular weight excluding hydrogens is 296 g/mol. The highest BCUT2D eigenvalue weighted by Gasteiger charge is 2.28. The Balaban J connectivity index is 2.31. The van der Waals surface area contributed by atoms with Gasteiger partial charge in [0.05, 0.1) is 11.5 Å². The Kier molecular flexibility index (Phi) is 5.58. The fraction of sp³-hybridized carbons (Fsp3) is 0.588. The van der Waals surface area contributed by atoms with Crippen LogP contribution in [0.15, 0.2) is 18.2 Å². The van der Waals surface area contributed by atoms with Crippen molar-refractivity contribution in [3.8, 4) is 0 Å². The predicted octanol–water partition coefficient (Wildman–Crippen LogP) is 3.79. The first-order valence-corrected chi connectivity index (χ1v) is 8.20. The Hall–Kier alpha value is -2.11. The van der Waals surface area contributed by atoms with Crippen molar-refractivity contribution in [1.29, 1.82) is 0 Å². The number of hydrogen-bond acceptors (Lipinski definition) is 5. The van der Waals surface area contributed by atoms with Crippen LogP contribution in [-0.2, 0) is 4.74 Å². The number of nitro groups is 1. The maximum absolute atomic E-state index is 12.0. The molecule has 0 aliphatic carbocycles. The maximum Gasteiger partial charge on any atom is 0.345 e. The molecule has 0 radical (unpaired) electrons. The number of carbonyl (C=O) groups is 1. The molecule has 0 saturated carbocycles. The number of hydrogen-bond donors (Lipinski definition) is 0. The first-order chi connectivity index (χ1) is 11.0. The van der Waals surface area contributed by atoms with E-state index < -0.39 is 10.9 Å². The largest absolute Gasteiger partial charge is 0.462 e. The molecule has 1 heterocycles. The Labute approximate surface area is 136 Å². The van der Waals surface area contributed by atoms with Crippen LogP contribution in [0.25, 0.3) is 0 Å². The average molecular weight is 320 g/mol. The molecule has 1 aliphatic heterocycles. The standard InChI is InChI=1S/C17H24N2O4/c1-4-13-8-9-18(12(3)10-13)14-6-7-16(19(21)22)15(11-14)17(20)23-5-2/h6-7,11-13H,4-5,8-10H2,1-3H3/t12-,13-/m1/s1. The first-order valence-electron chi connectivity index (χ1n) is 8.20. The topological polar surface area (TPSA) is 72.7 Å². The van der Waals surface area contributed by atoms with Gasteiger partial charge >= 0.3 is 5.97 Å². The maximum atomic E-state index is 12.0. The van der Waals surface area contributed by atoms with Gasteiger partial charge < -0.3 is 9.64 Å². The number of nitrogens with zero attached hydrogens (tertiary/aromatic N) is 2. The third kappa shape index (κ3) is 3.81. The number of esters is 1. The lowest BCUT2D eigenvalue weighted by molar-refractivity contribution is -0.385. The highest BCUT2D eigenvalue weighted by atomic mass is 16.6. The van der Waals surface area contributed by atoms with E-state index in [4.69, 9.17) is 4.74 Å². The minimum Gasteiger partial charge on any atom is -0.462 e. The summed E-state index contributed by atoms with van der Waals surface area (Å²) in [6.45, 7) is 7.15. The second kappa shape index (κ2) is 7.44. The van der Waals surface area contributed by atoms with Gasteiger partial charge in [-0.25, -0.2) is 4.79 Å². The number of anilines is 1. The van der Waals surface area contributed by atoms with Crippen LogP contribution in [0.2, 0.25) is 0 Å². The Bertz CT molecular complexity index is 588. The van der Waals surface area contributed by atoms with Crippen LogP contribution >= 0.6 is 0 Å². The van der Waals surface area contributed by atoms with Gasteiger partial charge in [0.25, 0.3) is 5.69 Å². The fourth-order valence-electron chi connectivity index (χ4n) is 3.26. The van der Waals surface area contributed by atoms with Crippen molar-refractivity contribution in [2.24, 2.45) is 5.92 Å². The monoisotopic (exact) mass is 320 g/mol. The molecule has 2 atom stereocenters. The third-order valence-corrected chi connectivity index (χ3v) is 4.57. The molecule has 0 aromatic heterocycles. The molecule has 6 heteroatoms. The molecule has 0 N–H and O–H groups in total. The molecule has 126 valence electrons. The molecule has 0 unspecified atom stereocenters. The van der Waals surface area contributed by atoms with E-state index in [-0.39, 0.29) is 17.9 Å². The average Bonchev–Trinajstić information content (AvgIpc) is 2.54. The summed E-state index contributed by atoms with van der Waals surface area (Å²) in [6, 6.07) is 5.08. The van der Waals surface area contributed by atoms with Gasteiger partial charge in [0.2, 0.25) is 0 Å². The zero-order chi connectivity index (χ0) is 17.0.